The normalized spacial score (nSPS) is 16.3. The first-order chi connectivity index (χ1) is 13.8. The van der Waals surface area contributed by atoms with Crippen LogP contribution in [-0.4, -0.2) is 39.6 Å². The number of nitrogens with one attached hydrogen (secondary N) is 1. The Labute approximate surface area is 172 Å². The number of hydrogen-bond donors (Lipinski definition) is 1. The highest BCUT2D eigenvalue weighted by atomic mass is 32.2. The van der Waals surface area contributed by atoms with Crippen molar-refractivity contribution in [3.05, 3.63) is 59.7 Å². The fourth-order valence-corrected chi connectivity index (χ4v) is 4.61. The molecule has 0 aliphatic carbocycles. The standard InChI is InChI=1S/C22H28N2O4S/c1-16(2)28-13-7-12-23-29(26,27)20-10-11-21-19(15-20)14-17(3)24(21)22(25)18-8-5-4-6-9-18/h4-6,8-11,15-17,23H,7,12-14H2,1-3H3/t17-/m0/s1. The molecule has 2 aromatic carbocycles. The maximum Gasteiger partial charge on any atom is 0.258 e. The lowest BCUT2D eigenvalue weighted by atomic mass is 10.1. The van der Waals surface area contributed by atoms with Gasteiger partial charge < -0.3 is 9.64 Å². The number of rotatable bonds is 8. The van der Waals surface area contributed by atoms with Crippen molar-refractivity contribution >= 4 is 21.6 Å². The lowest BCUT2D eigenvalue weighted by molar-refractivity contribution is 0.0778. The summed E-state index contributed by atoms with van der Waals surface area (Å²) in [5.41, 5.74) is 2.26. The molecule has 0 fully saturated rings. The minimum absolute atomic E-state index is 0.0307. The number of hydrogen-bond acceptors (Lipinski definition) is 4. The summed E-state index contributed by atoms with van der Waals surface area (Å²) < 4.78 is 33.3. The van der Waals surface area contributed by atoms with Crippen molar-refractivity contribution in [1.29, 1.82) is 0 Å². The van der Waals surface area contributed by atoms with E-state index in [0.29, 0.717) is 31.6 Å². The Morgan fingerprint density at radius 3 is 2.62 bits per heavy atom. The average Bonchev–Trinajstić information content (AvgIpc) is 3.02. The van der Waals surface area contributed by atoms with Crippen LogP contribution in [0.15, 0.2) is 53.4 Å². The molecule has 0 spiro atoms. The van der Waals surface area contributed by atoms with Crippen molar-refractivity contribution in [2.24, 2.45) is 0 Å². The highest BCUT2D eigenvalue weighted by Crippen LogP contribution is 2.35. The second-order valence-corrected chi connectivity index (χ2v) is 9.32. The van der Waals surface area contributed by atoms with E-state index in [2.05, 4.69) is 4.72 Å². The number of anilines is 1. The van der Waals surface area contributed by atoms with E-state index in [0.717, 1.165) is 11.3 Å². The molecule has 1 heterocycles. The molecule has 156 valence electrons. The van der Waals surface area contributed by atoms with Crippen LogP contribution < -0.4 is 9.62 Å². The lowest BCUT2D eigenvalue weighted by Gasteiger charge is -2.23. The van der Waals surface area contributed by atoms with Gasteiger partial charge in [-0.15, -0.1) is 0 Å². The number of benzene rings is 2. The van der Waals surface area contributed by atoms with Gasteiger partial charge in [0.05, 0.1) is 11.0 Å². The molecular formula is C22H28N2O4S. The van der Waals surface area contributed by atoms with Gasteiger partial charge in [-0.1, -0.05) is 18.2 Å². The molecule has 7 heteroatoms. The van der Waals surface area contributed by atoms with Crippen molar-refractivity contribution < 1.29 is 17.9 Å². The molecule has 1 N–H and O–H groups in total. The molecule has 6 nitrogen and oxygen atoms in total. The van der Waals surface area contributed by atoms with Crippen LogP contribution in [0.5, 0.6) is 0 Å². The van der Waals surface area contributed by atoms with Crippen molar-refractivity contribution in [3.63, 3.8) is 0 Å². The Kier molecular flexibility index (Phi) is 6.72. The van der Waals surface area contributed by atoms with Crippen LogP contribution in [-0.2, 0) is 21.2 Å². The molecule has 0 bridgehead atoms. The average molecular weight is 417 g/mol. The Hall–Kier alpha value is -2.22. The van der Waals surface area contributed by atoms with Crippen LogP contribution in [0.3, 0.4) is 0 Å². The number of nitrogens with zero attached hydrogens (tertiary/aromatic N) is 1. The van der Waals surface area contributed by atoms with Gasteiger partial charge in [-0.2, -0.15) is 0 Å². The van der Waals surface area contributed by atoms with E-state index in [-0.39, 0.29) is 22.9 Å². The van der Waals surface area contributed by atoms with Gasteiger partial charge in [0, 0.05) is 30.4 Å². The summed E-state index contributed by atoms with van der Waals surface area (Å²) in [7, 11) is -3.60. The summed E-state index contributed by atoms with van der Waals surface area (Å²) >= 11 is 0. The van der Waals surface area contributed by atoms with Gasteiger partial charge in [-0.3, -0.25) is 4.79 Å². The third kappa shape index (κ3) is 5.04. The molecule has 0 unspecified atom stereocenters. The molecule has 1 amide bonds. The van der Waals surface area contributed by atoms with E-state index in [9.17, 15) is 13.2 Å². The summed E-state index contributed by atoms with van der Waals surface area (Å²) in [5, 5.41) is 0. The van der Waals surface area contributed by atoms with Crippen LogP contribution >= 0.6 is 0 Å². The van der Waals surface area contributed by atoms with Gasteiger partial charge in [-0.25, -0.2) is 13.1 Å². The SMILES string of the molecule is CC(C)OCCCNS(=O)(=O)c1ccc2c(c1)C[C@H](C)N2C(=O)c1ccccc1. The Morgan fingerprint density at radius 1 is 1.21 bits per heavy atom. The molecule has 3 rings (SSSR count). The molecule has 0 radical (unpaired) electrons. The molecule has 2 aromatic rings. The van der Waals surface area contributed by atoms with Gasteiger partial charge in [0.25, 0.3) is 5.91 Å². The summed E-state index contributed by atoms with van der Waals surface area (Å²) in [6, 6.07) is 14.1. The van der Waals surface area contributed by atoms with Crippen LogP contribution in [0.1, 0.15) is 43.1 Å². The van der Waals surface area contributed by atoms with Gasteiger partial charge in [0.15, 0.2) is 0 Å². The van der Waals surface area contributed by atoms with Crippen molar-refractivity contribution in [2.75, 3.05) is 18.1 Å². The third-order valence-electron chi connectivity index (χ3n) is 4.88. The number of amides is 1. The maximum atomic E-state index is 12.9. The van der Waals surface area contributed by atoms with E-state index < -0.39 is 10.0 Å². The van der Waals surface area contributed by atoms with Gasteiger partial charge >= 0.3 is 0 Å². The fourth-order valence-electron chi connectivity index (χ4n) is 3.48. The molecule has 0 aromatic heterocycles. The second-order valence-electron chi connectivity index (χ2n) is 7.56. The van der Waals surface area contributed by atoms with Crippen molar-refractivity contribution in [2.45, 2.75) is 50.7 Å². The molecule has 1 aliphatic rings. The fraction of sp³-hybridized carbons (Fsp3) is 0.409. The Balaban J connectivity index is 1.73. The number of fused-ring (bicyclic) bond motifs is 1. The lowest BCUT2D eigenvalue weighted by Crippen LogP contribution is -2.35. The molecule has 1 atom stereocenters. The van der Waals surface area contributed by atoms with Crippen LogP contribution in [0.2, 0.25) is 0 Å². The zero-order valence-electron chi connectivity index (χ0n) is 17.1. The first kappa shape index (κ1) is 21.5. The topological polar surface area (TPSA) is 75.7 Å². The monoisotopic (exact) mass is 416 g/mol. The third-order valence-corrected chi connectivity index (χ3v) is 6.34. The first-order valence-electron chi connectivity index (χ1n) is 9.92. The summed E-state index contributed by atoms with van der Waals surface area (Å²) in [6.07, 6.45) is 1.37. The van der Waals surface area contributed by atoms with Crippen molar-refractivity contribution in [1.82, 2.24) is 4.72 Å². The zero-order valence-corrected chi connectivity index (χ0v) is 17.9. The molecule has 0 saturated heterocycles. The summed E-state index contributed by atoms with van der Waals surface area (Å²) in [6.45, 7) is 6.70. The number of carbonyl (C=O) groups is 1. The Bertz CT molecular complexity index is 958. The van der Waals surface area contributed by atoms with Gasteiger partial charge in [-0.05, 0) is 69.5 Å². The summed E-state index contributed by atoms with van der Waals surface area (Å²) in [5.74, 6) is -0.0734. The van der Waals surface area contributed by atoms with E-state index in [1.54, 1.807) is 35.2 Å². The summed E-state index contributed by atoms with van der Waals surface area (Å²) in [4.78, 5) is 14.9. The van der Waals surface area contributed by atoms with E-state index in [4.69, 9.17) is 4.74 Å². The highest BCUT2D eigenvalue weighted by molar-refractivity contribution is 7.89. The van der Waals surface area contributed by atoms with Gasteiger partial charge in [0.2, 0.25) is 10.0 Å². The van der Waals surface area contributed by atoms with E-state index >= 15 is 0 Å². The minimum atomic E-state index is -3.60. The van der Waals surface area contributed by atoms with E-state index in [1.165, 1.54) is 0 Å². The van der Waals surface area contributed by atoms with Crippen molar-refractivity contribution in [3.8, 4) is 0 Å². The minimum Gasteiger partial charge on any atom is -0.379 e. The van der Waals surface area contributed by atoms with Crippen LogP contribution in [0, 0.1) is 0 Å². The molecule has 29 heavy (non-hydrogen) atoms. The number of carbonyl (C=O) groups excluding carboxylic acids is 1. The first-order valence-corrected chi connectivity index (χ1v) is 11.4. The predicted molar refractivity (Wildman–Crippen MR) is 114 cm³/mol. The largest absolute Gasteiger partial charge is 0.379 e. The number of sulfonamides is 1. The highest BCUT2D eigenvalue weighted by Gasteiger charge is 2.32. The van der Waals surface area contributed by atoms with E-state index in [1.807, 2.05) is 39.0 Å². The molecule has 1 aliphatic heterocycles. The van der Waals surface area contributed by atoms with Crippen LogP contribution in [0.25, 0.3) is 0 Å². The quantitative estimate of drug-likeness (QED) is 0.670. The maximum absolute atomic E-state index is 12.9. The predicted octanol–water partition coefficient (Wildman–Crippen LogP) is 3.37. The zero-order chi connectivity index (χ0) is 21.0. The molecule has 0 saturated carbocycles. The second kappa shape index (κ2) is 9.07. The number of ether oxygens (including phenoxy) is 1. The van der Waals surface area contributed by atoms with Crippen LogP contribution in [0.4, 0.5) is 5.69 Å². The molecular weight excluding hydrogens is 388 g/mol. The smallest absolute Gasteiger partial charge is 0.258 e. The van der Waals surface area contributed by atoms with Gasteiger partial charge in [0.1, 0.15) is 0 Å². The Morgan fingerprint density at radius 2 is 1.93 bits per heavy atom.